The topological polar surface area (TPSA) is 80.7 Å². The van der Waals surface area contributed by atoms with Gasteiger partial charge in [0, 0.05) is 19.0 Å². The molecule has 1 heterocycles. The summed E-state index contributed by atoms with van der Waals surface area (Å²) in [5, 5.41) is 0. The standard InChI is InChI=1S/C32H42FN3O5/c1-35(2)30(26-14-16-27(33)17-15-26)25-12-10-23(11-13-25)20-28-32(41-31(38)40-4,19-18-29(37)39-3)34-22-36(28)21-24-8-6-5-7-9-24/h5-9,14-17,22-23,25,28,30H,10-13,18-21H2,1-4H3. The molecular weight excluding hydrogens is 525 g/mol. The van der Waals surface area contributed by atoms with Crippen LogP contribution < -0.4 is 0 Å². The molecule has 1 aliphatic carbocycles. The predicted octanol–water partition coefficient (Wildman–Crippen LogP) is 5.97. The van der Waals surface area contributed by atoms with Crippen LogP contribution in [0.2, 0.25) is 0 Å². The highest BCUT2D eigenvalue weighted by Gasteiger charge is 2.50. The lowest BCUT2D eigenvalue weighted by Gasteiger charge is -2.41. The minimum Gasteiger partial charge on any atom is -0.469 e. The van der Waals surface area contributed by atoms with Crippen LogP contribution in [-0.4, -0.2) is 68.3 Å². The van der Waals surface area contributed by atoms with E-state index in [-0.39, 0.29) is 36.7 Å². The molecule has 3 unspecified atom stereocenters. The molecule has 0 bridgehead atoms. The summed E-state index contributed by atoms with van der Waals surface area (Å²) in [6.07, 6.45) is 6.03. The molecule has 0 amide bonds. The Hall–Kier alpha value is -3.46. The Morgan fingerprint density at radius 2 is 1.71 bits per heavy atom. The third-order valence-electron chi connectivity index (χ3n) is 8.56. The van der Waals surface area contributed by atoms with E-state index >= 15 is 0 Å². The second kappa shape index (κ2) is 13.9. The number of methoxy groups -OCH3 is 2. The first kappa shape index (κ1) is 30.5. The van der Waals surface area contributed by atoms with Gasteiger partial charge in [-0.25, -0.2) is 14.2 Å². The number of aliphatic imine (C=N–C) groups is 1. The van der Waals surface area contributed by atoms with Crippen molar-refractivity contribution in [3.8, 4) is 0 Å². The quantitative estimate of drug-likeness (QED) is 0.310. The summed E-state index contributed by atoms with van der Waals surface area (Å²) in [7, 11) is 6.78. The maximum Gasteiger partial charge on any atom is 0.510 e. The summed E-state index contributed by atoms with van der Waals surface area (Å²) in [5.74, 6) is 0.219. The van der Waals surface area contributed by atoms with Crippen LogP contribution in [-0.2, 0) is 25.5 Å². The molecule has 1 aliphatic heterocycles. The van der Waals surface area contributed by atoms with Crippen molar-refractivity contribution in [1.29, 1.82) is 0 Å². The molecule has 0 aromatic heterocycles. The van der Waals surface area contributed by atoms with E-state index in [9.17, 15) is 14.0 Å². The van der Waals surface area contributed by atoms with E-state index in [1.807, 2.05) is 30.3 Å². The predicted molar refractivity (Wildman–Crippen MR) is 155 cm³/mol. The normalized spacial score (nSPS) is 24.7. The summed E-state index contributed by atoms with van der Waals surface area (Å²) in [6, 6.07) is 16.9. The van der Waals surface area contributed by atoms with Gasteiger partial charge in [0.15, 0.2) is 0 Å². The van der Waals surface area contributed by atoms with Gasteiger partial charge in [-0.15, -0.1) is 0 Å². The SMILES string of the molecule is COC(=O)CCC1(OC(=O)OC)N=CN(Cc2ccccc2)C1CC1CCC(C(c2ccc(F)cc2)N(C)C)CC1. The first-order valence-electron chi connectivity index (χ1n) is 14.4. The van der Waals surface area contributed by atoms with Gasteiger partial charge in [-0.2, -0.15) is 0 Å². The molecule has 8 nitrogen and oxygen atoms in total. The summed E-state index contributed by atoms with van der Waals surface area (Å²) in [6.45, 7) is 0.599. The van der Waals surface area contributed by atoms with Gasteiger partial charge in [-0.05, 0) is 68.5 Å². The molecule has 9 heteroatoms. The van der Waals surface area contributed by atoms with Crippen LogP contribution in [0.1, 0.15) is 62.1 Å². The molecule has 2 aliphatic rings. The first-order valence-corrected chi connectivity index (χ1v) is 14.4. The highest BCUT2D eigenvalue weighted by atomic mass is 19.1. The average Bonchev–Trinajstić information content (AvgIpc) is 3.30. The van der Waals surface area contributed by atoms with Gasteiger partial charge >= 0.3 is 12.1 Å². The Morgan fingerprint density at radius 3 is 2.32 bits per heavy atom. The van der Waals surface area contributed by atoms with E-state index in [1.165, 1.54) is 26.4 Å². The Labute approximate surface area is 242 Å². The zero-order valence-corrected chi connectivity index (χ0v) is 24.5. The number of carbonyl (C=O) groups excluding carboxylic acids is 2. The number of ether oxygens (including phenoxy) is 3. The summed E-state index contributed by atoms with van der Waals surface area (Å²) >= 11 is 0. The molecule has 2 aromatic rings. The van der Waals surface area contributed by atoms with Gasteiger partial charge in [0.2, 0.25) is 5.72 Å². The molecule has 1 fully saturated rings. The zero-order valence-electron chi connectivity index (χ0n) is 24.5. The maximum absolute atomic E-state index is 13.6. The van der Waals surface area contributed by atoms with Crippen molar-refractivity contribution in [2.24, 2.45) is 16.8 Å². The van der Waals surface area contributed by atoms with Gasteiger partial charge in [-0.3, -0.25) is 4.79 Å². The summed E-state index contributed by atoms with van der Waals surface area (Å²) in [5.41, 5.74) is 0.988. The summed E-state index contributed by atoms with van der Waals surface area (Å²) in [4.78, 5) is 33.7. The molecule has 0 saturated heterocycles. The number of hydrogen-bond acceptors (Lipinski definition) is 8. The molecule has 3 atom stereocenters. The van der Waals surface area contributed by atoms with Crippen molar-refractivity contribution in [2.75, 3.05) is 28.3 Å². The maximum atomic E-state index is 13.6. The minimum atomic E-state index is -1.26. The number of nitrogens with zero attached hydrogens (tertiary/aromatic N) is 3. The fraction of sp³-hybridized carbons (Fsp3) is 0.531. The van der Waals surface area contributed by atoms with E-state index in [0.717, 1.165) is 43.2 Å². The van der Waals surface area contributed by atoms with Crippen LogP contribution in [0.25, 0.3) is 0 Å². The molecular formula is C32H42FN3O5. The third-order valence-corrected chi connectivity index (χ3v) is 8.56. The largest absolute Gasteiger partial charge is 0.510 e. The second-order valence-electron chi connectivity index (χ2n) is 11.4. The third kappa shape index (κ3) is 7.64. The Balaban J connectivity index is 1.53. The fourth-order valence-corrected chi connectivity index (χ4v) is 6.52. The van der Waals surface area contributed by atoms with Gasteiger partial charge in [0.25, 0.3) is 0 Å². The van der Waals surface area contributed by atoms with Crippen LogP contribution >= 0.6 is 0 Å². The van der Waals surface area contributed by atoms with Crippen molar-refractivity contribution < 1.29 is 28.2 Å². The lowest BCUT2D eigenvalue weighted by atomic mass is 9.73. The second-order valence-corrected chi connectivity index (χ2v) is 11.4. The molecule has 0 spiro atoms. The number of halogens is 1. The molecule has 4 rings (SSSR count). The lowest BCUT2D eigenvalue weighted by molar-refractivity contribution is -0.143. The highest BCUT2D eigenvalue weighted by molar-refractivity contribution is 5.70. The fourth-order valence-electron chi connectivity index (χ4n) is 6.52. The van der Waals surface area contributed by atoms with Crippen LogP contribution in [0, 0.1) is 17.7 Å². The lowest BCUT2D eigenvalue weighted by Crippen LogP contribution is -2.50. The van der Waals surface area contributed by atoms with Gasteiger partial charge in [0.05, 0.1) is 33.0 Å². The summed E-state index contributed by atoms with van der Waals surface area (Å²) < 4.78 is 29.2. The van der Waals surface area contributed by atoms with Crippen LogP contribution in [0.15, 0.2) is 59.6 Å². The number of hydrogen-bond donors (Lipinski definition) is 0. The Kier molecular flexibility index (Phi) is 10.4. The van der Waals surface area contributed by atoms with Crippen LogP contribution in [0.5, 0.6) is 0 Å². The zero-order chi connectivity index (χ0) is 29.4. The minimum absolute atomic E-state index is 0.0649. The molecule has 1 saturated carbocycles. The van der Waals surface area contributed by atoms with Crippen molar-refractivity contribution >= 4 is 18.5 Å². The first-order chi connectivity index (χ1) is 19.7. The monoisotopic (exact) mass is 567 g/mol. The van der Waals surface area contributed by atoms with E-state index in [2.05, 4.69) is 36.0 Å². The Bertz CT molecular complexity index is 1170. The number of rotatable bonds is 11. The van der Waals surface area contributed by atoms with Crippen LogP contribution in [0.3, 0.4) is 0 Å². The van der Waals surface area contributed by atoms with Gasteiger partial charge in [-0.1, -0.05) is 55.3 Å². The highest BCUT2D eigenvalue weighted by Crippen LogP contribution is 2.44. The van der Waals surface area contributed by atoms with Crippen LogP contribution in [0.4, 0.5) is 9.18 Å². The number of carbonyl (C=O) groups is 2. The molecule has 41 heavy (non-hydrogen) atoms. The smallest absolute Gasteiger partial charge is 0.469 e. The molecule has 0 radical (unpaired) electrons. The van der Waals surface area contributed by atoms with E-state index in [4.69, 9.17) is 19.2 Å². The number of benzene rings is 2. The van der Waals surface area contributed by atoms with Crippen molar-refractivity contribution in [2.45, 2.75) is 69.3 Å². The van der Waals surface area contributed by atoms with Gasteiger partial charge < -0.3 is 24.0 Å². The van der Waals surface area contributed by atoms with Crippen molar-refractivity contribution in [3.63, 3.8) is 0 Å². The Morgan fingerprint density at radius 1 is 1.02 bits per heavy atom. The van der Waals surface area contributed by atoms with E-state index < -0.39 is 11.9 Å². The number of esters is 1. The molecule has 2 aromatic carbocycles. The van der Waals surface area contributed by atoms with Crippen molar-refractivity contribution in [1.82, 2.24) is 9.80 Å². The average molecular weight is 568 g/mol. The van der Waals surface area contributed by atoms with Crippen molar-refractivity contribution in [3.05, 3.63) is 71.5 Å². The molecule has 222 valence electrons. The van der Waals surface area contributed by atoms with E-state index in [0.29, 0.717) is 18.4 Å². The molecule has 0 N–H and O–H groups in total. The van der Waals surface area contributed by atoms with E-state index in [1.54, 1.807) is 6.34 Å². The van der Waals surface area contributed by atoms with Gasteiger partial charge in [0.1, 0.15) is 5.82 Å².